The molecule has 1 aromatic heterocycles. The lowest BCUT2D eigenvalue weighted by atomic mass is 10.1. The van der Waals surface area contributed by atoms with Gasteiger partial charge in [0.05, 0.1) is 36.9 Å². The van der Waals surface area contributed by atoms with Crippen LogP contribution in [0.4, 0.5) is 0 Å². The van der Waals surface area contributed by atoms with Crippen molar-refractivity contribution in [2.75, 3.05) is 14.2 Å². The van der Waals surface area contributed by atoms with Gasteiger partial charge in [0.2, 0.25) is 0 Å². The molecule has 168 valence electrons. The van der Waals surface area contributed by atoms with Gasteiger partial charge in [-0.2, -0.15) is 0 Å². The Morgan fingerprint density at radius 3 is 2.42 bits per heavy atom. The lowest BCUT2D eigenvalue weighted by molar-refractivity contribution is 0.0726. The Balaban J connectivity index is 1.64. The number of methoxy groups -OCH3 is 2. The smallest absolute Gasteiger partial charge is 0.256 e. The molecule has 0 saturated carbocycles. The minimum Gasteiger partial charge on any atom is -0.497 e. The fraction of sp³-hybridized carbons (Fsp3) is 0.154. The minimum atomic E-state index is -0.187. The van der Waals surface area contributed by atoms with Gasteiger partial charge in [-0.3, -0.25) is 4.79 Å². The van der Waals surface area contributed by atoms with Crippen LogP contribution in [-0.4, -0.2) is 30.2 Å². The van der Waals surface area contributed by atoms with Crippen molar-refractivity contribution < 1.29 is 18.8 Å². The van der Waals surface area contributed by atoms with Gasteiger partial charge in [-0.25, -0.2) is 0 Å². The molecule has 0 bridgehead atoms. The van der Waals surface area contributed by atoms with E-state index in [1.54, 1.807) is 55.5 Å². The SMILES string of the molecule is COc1ccc(OC)c(-c2cc(CN(Cc3ccccc3)C(=O)c3ccccc3Cl)no2)c1. The number of hydrogen-bond donors (Lipinski definition) is 0. The monoisotopic (exact) mass is 462 g/mol. The summed E-state index contributed by atoms with van der Waals surface area (Å²) < 4.78 is 16.4. The van der Waals surface area contributed by atoms with Gasteiger partial charge in [-0.1, -0.05) is 59.2 Å². The second kappa shape index (κ2) is 10.2. The maximum absolute atomic E-state index is 13.4. The minimum absolute atomic E-state index is 0.187. The molecule has 0 spiro atoms. The van der Waals surface area contributed by atoms with E-state index in [1.807, 2.05) is 42.5 Å². The summed E-state index contributed by atoms with van der Waals surface area (Å²) in [7, 11) is 3.19. The van der Waals surface area contributed by atoms with Gasteiger partial charge in [0.25, 0.3) is 5.91 Å². The normalized spacial score (nSPS) is 10.6. The van der Waals surface area contributed by atoms with Crippen LogP contribution in [0.5, 0.6) is 11.5 Å². The van der Waals surface area contributed by atoms with Gasteiger partial charge < -0.3 is 18.9 Å². The molecule has 0 aliphatic heterocycles. The predicted molar refractivity (Wildman–Crippen MR) is 127 cm³/mol. The second-order valence-electron chi connectivity index (χ2n) is 7.38. The molecule has 6 nitrogen and oxygen atoms in total. The Labute approximate surface area is 197 Å². The highest BCUT2D eigenvalue weighted by Crippen LogP contribution is 2.34. The summed E-state index contributed by atoms with van der Waals surface area (Å²) in [6.45, 7) is 0.643. The number of hydrogen-bond acceptors (Lipinski definition) is 5. The molecule has 0 aliphatic rings. The number of benzene rings is 3. The van der Waals surface area contributed by atoms with Crippen molar-refractivity contribution in [1.82, 2.24) is 10.1 Å². The fourth-order valence-electron chi connectivity index (χ4n) is 3.52. The molecule has 0 atom stereocenters. The summed E-state index contributed by atoms with van der Waals surface area (Å²) in [6.07, 6.45) is 0. The van der Waals surface area contributed by atoms with Gasteiger partial charge in [0.15, 0.2) is 5.76 Å². The molecule has 0 unspecified atom stereocenters. The van der Waals surface area contributed by atoms with Crippen molar-refractivity contribution in [3.63, 3.8) is 0 Å². The summed E-state index contributed by atoms with van der Waals surface area (Å²) >= 11 is 6.31. The number of nitrogens with zero attached hydrogens (tertiary/aromatic N) is 2. The van der Waals surface area contributed by atoms with Crippen molar-refractivity contribution in [3.05, 3.63) is 101 Å². The quantitative estimate of drug-likeness (QED) is 0.328. The molecule has 33 heavy (non-hydrogen) atoms. The zero-order chi connectivity index (χ0) is 23.2. The van der Waals surface area contributed by atoms with E-state index in [0.29, 0.717) is 45.6 Å². The third-order valence-electron chi connectivity index (χ3n) is 5.19. The number of halogens is 1. The lowest BCUT2D eigenvalue weighted by Crippen LogP contribution is -2.30. The van der Waals surface area contributed by atoms with Crippen LogP contribution in [0.2, 0.25) is 5.02 Å². The van der Waals surface area contributed by atoms with Crippen molar-refractivity contribution >= 4 is 17.5 Å². The molecule has 4 rings (SSSR count). The van der Waals surface area contributed by atoms with Crippen molar-refractivity contribution in [1.29, 1.82) is 0 Å². The molecule has 0 N–H and O–H groups in total. The van der Waals surface area contributed by atoms with Crippen molar-refractivity contribution in [2.24, 2.45) is 0 Å². The van der Waals surface area contributed by atoms with E-state index in [9.17, 15) is 4.79 Å². The van der Waals surface area contributed by atoms with Gasteiger partial charge in [-0.05, 0) is 35.9 Å². The molecule has 0 fully saturated rings. The first-order valence-electron chi connectivity index (χ1n) is 10.3. The van der Waals surface area contributed by atoms with E-state index < -0.39 is 0 Å². The van der Waals surface area contributed by atoms with E-state index in [2.05, 4.69) is 5.16 Å². The van der Waals surface area contributed by atoms with Gasteiger partial charge in [-0.15, -0.1) is 0 Å². The molecule has 4 aromatic rings. The molecule has 7 heteroatoms. The van der Waals surface area contributed by atoms with Crippen LogP contribution in [0, 0.1) is 0 Å². The molecule has 0 radical (unpaired) electrons. The standard InChI is InChI=1S/C26H23ClN2O4/c1-31-20-12-13-24(32-2)22(15-20)25-14-19(28-33-25)17-29(16-18-8-4-3-5-9-18)26(30)21-10-6-7-11-23(21)27/h3-15H,16-17H2,1-2H3. The number of aromatic nitrogens is 1. The number of carbonyl (C=O) groups excluding carboxylic acids is 1. The second-order valence-corrected chi connectivity index (χ2v) is 7.78. The first kappa shape index (κ1) is 22.4. The Morgan fingerprint density at radius 1 is 0.939 bits per heavy atom. The van der Waals surface area contributed by atoms with E-state index >= 15 is 0 Å². The van der Waals surface area contributed by atoms with Gasteiger partial charge in [0.1, 0.15) is 17.2 Å². The molecule has 3 aromatic carbocycles. The summed E-state index contributed by atoms with van der Waals surface area (Å²) in [4.78, 5) is 15.1. The highest BCUT2D eigenvalue weighted by molar-refractivity contribution is 6.33. The number of ether oxygens (including phenoxy) is 2. The molecular formula is C26H23ClN2O4. The summed E-state index contributed by atoms with van der Waals surface area (Å²) in [5.74, 6) is 1.63. The summed E-state index contributed by atoms with van der Waals surface area (Å²) in [6, 6.07) is 24.0. The topological polar surface area (TPSA) is 64.8 Å². The van der Waals surface area contributed by atoms with E-state index in [-0.39, 0.29) is 12.5 Å². The Hall–Kier alpha value is -3.77. The van der Waals surface area contributed by atoms with Gasteiger partial charge >= 0.3 is 0 Å². The van der Waals surface area contributed by atoms with Crippen LogP contribution in [0.25, 0.3) is 11.3 Å². The molecule has 0 aliphatic carbocycles. The maximum Gasteiger partial charge on any atom is 0.256 e. The average molecular weight is 463 g/mol. The highest BCUT2D eigenvalue weighted by Gasteiger charge is 2.21. The van der Waals surface area contributed by atoms with E-state index in [4.69, 9.17) is 25.6 Å². The van der Waals surface area contributed by atoms with E-state index in [0.717, 1.165) is 5.56 Å². The Bertz CT molecular complexity index is 1240. The third kappa shape index (κ3) is 5.18. The number of amides is 1. The Kier molecular flexibility index (Phi) is 6.95. The number of carbonyl (C=O) groups is 1. The molecule has 0 saturated heterocycles. The van der Waals surface area contributed by atoms with Crippen LogP contribution in [0.3, 0.4) is 0 Å². The molecular weight excluding hydrogens is 440 g/mol. The fourth-order valence-corrected chi connectivity index (χ4v) is 3.74. The first-order chi connectivity index (χ1) is 16.1. The lowest BCUT2D eigenvalue weighted by Gasteiger charge is -2.22. The van der Waals surface area contributed by atoms with Gasteiger partial charge in [0, 0.05) is 12.6 Å². The first-order valence-corrected chi connectivity index (χ1v) is 10.7. The largest absolute Gasteiger partial charge is 0.497 e. The van der Waals surface area contributed by atoms with E-state index in [1.165, 1.54) is 0 Å². The zero-order valence-corrected chi connectivity index (χ0v) is 19.1. The van der Waals surface area contributed by atoms with Crippen LogP contribution in [0.1, 0.15) is 21.6 Å². The highest BCUT2D eigenvalue weighted by atomic mass is 35.5. The predicted octanol–water partition coefficient (Wildman–Crippen LogP) is 5.85. The molecule has 1 heterocycles. The van der Waals surface area contributed by atoms with Crippen LogP contribution >= 0.6 is 11.6 Å². The van der Waals surface area contributed by atoms with Crippen molar-refractivity contribution in [3.8, 4) is 22.8 Å². The van der Waals surface area contributed by atoms with Crippen molar-refractivity contribution in [2.45, 2.75) is 13.1 Å². The average Bonchev–Trinajstić information content (AvgIpc) is 3.32. The zero-order valence-electron chi connectivity index (χ0n) is 18.3. The third-order valence-corrected chi connectivity index (χ3v) is 5.52. The molecule has 1 amide bonds. The maximum atomic E-state index is 13.4. The summed E-state index contributed by atoms with van der Waals surface area (Å²) in [5, 5.41) is 4.61. The van der Waals surface area contributed by atoms with Crippen LogP contribution in [-0.2, 0) is 13.1 Å². The number of rotatable bonds is 8. The van der Waals surface area contributed by atoms with Crippen LogP contribution < -0.4 is 9.47 Å². The van der Waals surface area contributed by atoms with Crippen LogP contribution in [0.15, 0.2) is 83.4 Å². The summed E-state index contributed by atoms with van der Waals surface area (Å²) in [5.41, 5.74) is 2.75. The Morgan fingerprint density at radius 2 is 1.70 bits per heavy atom.